The Labute approximate surface area is 266 Å². The number of para-hydroxylation sites is 2. The second-order valence-corrected chi connectivity index (χ2v) is 13.0. The van der Waals surface area contributed by atoms with Crippen molar-refractivity contribution in [1.29, 1.82) is 0 Å². The van der Waals surface area contributed by atoms with E-state index in [1.165, 1.54) is 46.8 Å². The molecule has 0 spiro atoms. The van der Waals surface area contributed by atoms with Gasteiger partial charge in [0.1, 0.15) is 11.4 Å². The van der Waals surface area contributed by atoms with Crippen LogP contribution in [0.2, 0.25) is 0 Å². The molecule has 1 aliphatic rings. The van der Waals surface area contributed by atoms with E-state index in [0.29, 0.717) is 60.5 Å². The van der Waals surface area contributed by atoms with E-state index >= 15 is 0 Å². The fraction of sp³-hybridized carbons (Fsp3) is 0.200. The maximum atomic E-state index is 14.5. The van der Waals surface area contributed by atoms with E-state index in [1.807, 2.05) is 42.5 Å². The Balaban J connectivity index is 1.33. The number of amides is 1. The van der Waals surface area contributed by atoms with Gasteiger partial charge in [-0.05, 0) is 73.5 Å². The van der Waals surface area contributed by atoms with Gasteiger partial charge in [0.25, 0.3) is 15.9 Å². The van der Waals surface area contributed by atoms with Gasteiger partial charge in [0.2, 0.25) is 5.76 Å². The van der Waals surface area contributed by atoms with E-state index < -0.39 is 21.8 Å². The van der Waals surface area contributed by atoms with Gasteiger partial charge >= 0.3 is 5.97 Å². The average Bonchev–Trinajstić information content (AvgIpc) is 3.41. The fourth-order valence-electron chi connectivity index (χ4n) is 5.81. The highest BCUT2D eigenvalue weighted by atomic mass is 32.2. The van der Waals surface area contributed by atoms with Crippen LogP contribution in [0, 0.1) is 12.7 Å². The number of benzene rings is 4. The van der Waals surface area contributed by atoms with E-state index in [0.717, 1.165) is 5.56 Å². The zero-order valence-electron chi connectivity index (χ0n) is 25.1. The summed E-state index contributed by atoms with van der Waals surface area (Å²) in [6, 6.07) is 26.8. The van der Waals surface area contributed by atoms with Gasteiger partial charge in [-0.1, -0.05) is 42.5 Å². The summed E-state index contributed by atoms with van der Waals surface area (Å²) in [7, 11) is -4.15. The molecule has 0 unspecified atom stereocenters. The number of sulfonamides is 1. The summed E-state index contributed by atoms with van der Waals surface area (Å²) < 4.78 is 49.2. The van der Waals surface area contributed by atoms with Crippen LogP contribution in [0.15, 0.2) is 106 Å². The summed E-state index contributed by atoms with van der Waals surface area (Å²) >= 11 is 0. The van der Waals surface area contributed by atoms with Crippen LogP contribution < -0.4 is 9.21 Å². The van der Waals surface area contributed by atoms with E-state index in [4.69, 9.17) is 4.42 Å². The Hall–Kier alpha value is -5.16. The van der Waals surface area contributed by atoms with Crippen LogP contribution in [0.3, 0.4) is 0 Å². The van der Waals surface area contributed by atoms with Crippen molar-refractivity contribution < 1.29 is 31.9 Å². The van der Waals surface area contributed by atoms with Crippen molar-refractivity contribution in [3.8, 4) is 0 Å². The molecule has 5 aromatic rings. The number of furan rings is 1. The van der Waals surface area contributed by atoms with Crippen LogP contribution in [0.5, 0.6) is 0 Å². The predicted molar refractivity (Wildman–Crippen MR) is 174 cm³/mol. The molecule has 6 rings (SSSR count). The topological polar surface area (TPSA) is 111 Å². The molecular formula is C35H32FN3O6S. The zero-order chi connectivity index (χ0) is 32.4. The molecule has 1 fully saturated rings. The van der Waals surface area contributed by atoms with Crippen molar-refractivity contribution in [2.75, 3.05) is 41.9 Å². The number of carboxylic acids is 1. The molecule has 1 amide bonds. The number of carboxylic acid groups (broad SMARTS) is 1. The Bertz CT molecular complexity index is 2000. The number of carbonyl (C=O) groups is 2. The number of anilines is 2. The molecule has 11 heteroatoms. The number of halogens is 1. The number of hydrogen-bond acceptors (Lipinski definition) is 6. The molecule has 236 valence electrons. The molecule has 1 saturated heterocycles. The number of piperazine rings is 1. The minimum Gasteiger partial charge on any atom is -0.475 e. The number of hydrogen-bond donors (Lipinski definition) is 1. The zero-order valence-corrected chi connectivity index (χ0v) is 25.9. The highest BCUT2D eigenvalue weighted by molar-refractivity contribution is 7.92. The number of aromatic carboxylic acids is 1. The fourth-order valence-corrected chi connectivity index (χ4v) is 7.31. The molecule has 0 saturated carbocycles. The molecule has 1 aromatic heterocycles. The monoisotopic (exact) mass is 641 g/mol. The molecule has 4 aromatic carbocycles. The maximum Gasteiger partial charge on any atom is 0.372 e. The van der Waals surface area contributed by atoms with Crippen LogP contribution in [0.1, 0.15) is 32.0 Å². The molecule has 46 heavy (non-hydrogen) atoms. The highest BCUT2D eigenvalue weighted by Crippen LogP contribution is 2.36. The molecule has 0 atom stereocenters. The van der Waals surface area contributed by atoms with Crippen LogP contribution in [0.25, 0.3) is 11.0 Å². The summed E-state index contributed by atoms with van der Waals surface area (Å²) in [5.74, 6) is -2.05. The Kier molecular flexibility index (Phi) is 8.50. The van der Waals surface area contributed by atoms with Gasteiger partial charge in [-0.3, -0.25) is 9.10 Å². The summed E-state index contributed by atoms with van der Waals surface area (Å²) in [6.45, 7) is 3.49. The first-order chi connectivity index (χ1) is 22.1. The minimum absolute atomic E-state index is 0.0124. The lowest BCUT2D eigenvalue weighted by atomic mass is 10.1. The van der Waals surface area contributed by atoms with E-state index in [9.17, 15) is 27.5 Å². The largest absolute Gasteiger partial charge is 0.475 e. The average molecular weight is 642 g/mol. The smallest absolute Gasteiger partial charge is 0.372 e. The van der Waals surface area contributed by atoms with Crippen molar-refractivity contribution in [2.24, 2.45) is 0 Å². The highest BCUT2D eigenvalue weighted by Gasteiger charge is 2.31. The number of aryl methyl sites for hydroxylation is 1. The molecular weight excluding hydrogens is 609 g/mol. The van der Waals surface area contributed by atoms with Gasteiger partial charge in [-0.15, -0.1) is 0 Å². The Morgan fingerprint density at radius 3 is 2.26 bits per heavy atom. The van der Waals surface area contributed by atoms with Gasteiger partial charge in [0, 0.05) is 49.2 Å². The molecule has 9 nitrogen and oxygen atoms in total. The number of carbonyl (C=O) groups excluding carboxylic acids is 1. The Morgan fingerprint density at radius 1 is 0.891 bits per heavy atom. The lowest BCUT2D eigenvalue weighted by Crippen LogP contribution is -2.49. The number of rotatable bonds is 9. The van der Waals surface area contributed by atoms with E-state index in [-0.39, 0.29) is 28.7 Å². The van der Waals surface area contributed by atoms with Crippen molar-refractivity contribution in [1.82, 2.24) is 4.90 Å². The molecule has 2 heterocycles. The second-order valence-electron chi connectivity index (χ2n) is 11.1. The van der Waals surface area contributed by atoms with Crippen molar-refractivity contribution in [3.05, 3.63) is 125 Å². The van der Waals surface area contributed by atoms with Crippen LogP contribution in [-0.4, -0.2) is 63.0 Å². The predicted octanol–water partition coefficient (Wildman–Crippen LogP) is 5.98. The SMILES string of the molecule is Cc1c(C(=O)O)oc2ccc(S(=O)(=O)N(CCc3ccccc3)c3ccccc3N3CCN(C(=O)c4ccc(F)cc4)CC3)cc12. The lowest BCUT2D eigenvalue weighted by Gasteiger charge is -2.38. The van der Waals surface area contributed by atoms with Gasteiger partial charge in [-0.25, -0.2) is 17.6 Å². The first kappa shape index (κ1) is 30.8. The number of fused-ring (bicyclic) bond motifs is 1. The van der Waals surface area contributed by atoms with Crippen LogP contribution in [0.4, 0.5) is 15.8 Å². The quantitative estimate of drug-likeness (QED) is 0.211. The normalized spacial score (nSPS) is 13.6. The second kappa shape index (κ2) is 12.7. The standard InChI is InChI=1S/C35H32FN3O6S/c1-24-29-23-28(15-16-32(29)45-33(24)35(41)42)46(43,44)39(18-17-25-7-3-2-4-8-25)31-10-6-5-9-30(31)37-19-21-38(22-20-37)34(40)26-11-13-27(36)14-12-26/h2-16,23H,17-22H2,1H3,(H,41,42). The lowest BCUT2D eigenvalue weighted by molar-refractivity contribution is 0.0663. The van der Waals surface area contributed by atoms with Crippen LogP contribution >= 0.6 is 0 Å². The summed E-state index contributed by atoms with van der Waals surface area (Å²) in [4.78, 5) is 28.5. The Morgan fingerprint density at radius 2 is 1.57 bits per heavy atom. The number of nitrogens with zero attached hydrogens (tertiary/aromatic N) is 3. The molecule has 1 aliphatic heterocycles. The summed E-state index contributed by atoms with van der Waals surface area (Å²) in [5, 5.41) is 9.93. The third-order valence-electron chi connectivity index (χ3n) is 8.29. The third-order valence-corrected chi connectivity index (χ3v) is 10.1. The molecule has 0 aliphatic carbocycles. The third kappa shape index (κ3) is 6.05. The van der Waals surface area contributed by atoms with Crippen molar-refractivity contribution in [2.45, 2.75) is 18.2 Å². The maximum absolute atomic E-state index is 14.5. The van der Waals surface area contributed by atoms with E-state index in [2.05, 4.69) is 4.90 Å². The van der Waals surface area contributed by atoms with Crippen LogP contribution in [-0.2, 0) is 16.4 Å². The summed E-state index contributed by atoms with van der Waals surface area (Å²) in [5.41, 5.74) is 3.23. The van der Waals surface area contributed by atoms with Gasteiger partial charge in [-0.2, -0.15) is 0 Å². The van der Waals surface area contributed by atoms with Gasteiger partial charge in [0.05, 0.1) is 16.3 Å². The first-order valence-corrected chi connectivity index (χ1v) is 16.3. The van der Waals surface area contributed by atoms with Gasteiger partial charge < -0.3 is 19.3 Å². The van der Waals surface area contributed by atoms with Gasteiger partial charge in [0.15, 0.2) is 0 Å². The van der Waals surface area contributed by atoms with Crippen molar-refractivity contribution >= 4 is 44.2 Å². The summed E-state index contributed by atoms with van der Waals surface area (Å²) in [6.07, 6.45) is 0.449. The van der Waals surface area contributed by atoms with E-state index in [1.54, 1.807) is 24.0 Å². The first-order valence-electron chi connectivity index (χ1n) is 14.9. The van der Waals surface area contributed by atoms with Crippen molar-refractivity contribution in [3.63, 3.8) is 0 Å². The minimum atomic E-state index is -4.15. The molecule has 1 N–H and O–H groups in total. The molecule has 0 radical (unpaired) electrons. The molecule has 0 bridgehead atoms.